The van der Waals surface area contributed by atoms with Crippen LogP contribution in [-0.4, -0.2) is 39.9 Å². The van der Waals surface area contributed by atoms with Crippen molar-refractivity contribution in [3.8, 4) is 0 Å². The first-order valence-electron chi connectivity index (χ1n) is 10.2. The van der Waals surface area contributed by atoms with Crippen molar-refractivity contribution in [2.45, 2.75) is 16.9 Å². The smallest absolute Gasteiger partial charge is 0.310 e. The van der Waals surface area contributed by atoms with Crippen LogP contribution in [0.3, 0.4) is 0 Å². The Morgan fingerprint density at radius 3 is 2.40 bits per heavy atom. The number of halogens is 3. The minimum Gasteiger partial charge on any atom is -0.310 e. The number of hydrogen-bond donors (Lipinski definition) is 2. The van der Waals surface area contributed by atoms with Crippen molar-refractivity contribution in [2.24, 2.45) is 0 Å². The Morgan fingerprint density at radius 2 is 1.71 bits per heavy atom. The number of imide groups is 1. The van der Waals surface area contributed by atoms with Gasteiger partial charge in [-0.15, -0.1) is 0 Å². The predicted octanol–water partition coefficient (Wildman–Crippen LogP) is 5.31. The molecule has 12 heteroatoms. The molecule has 3 aromatic rings. The fraction of sp³-hybridized carbons (Fsp3) is 0.130. The third-order valence-corrected chi connectivity index (χ3v) is 5.58. The van der Waals surface area contributed by atoms with Crippen molar-refractivity contribution in [3.05, 3.63) is 78.5 Å². The summed E-state index contributed by atoms with van der Waals surface area (Å²) in [6.07, 6.45) is 1.46. The van der Waals surface area contributed by atoms with Crippen molar-refractivity contribution in [2.75, 3.05) is 22.1 Å². The number of nitrogens with zero attached hydrogens (tertiary/aromatic N) is 3. The zero-order valence-corrected chi connectivity index (χ0v) is 18.8. The number of thioether (sulfide) groups is 1. The summed E-state index contributed by atoms with van der Waals surface area (Å²) in [5.74, 6) is -0.246. The summed E-state index contributed by atoms with van der Waals surface area (Å²) in [5.41, 5.74) is -3.02. The van der Waals surface area contributed by atoms with Crippen LogP contribution >= 0.6 is 11.8 Å². The molecule has 2 aromatic carbocycles. The molecular weight excluding hydrogens is 483 g/mol. The van der Waals surface area contributed by atoms with Gasteiger partial charge < -0.3 is 10.2 Å². The molecule has 1 saturated heterocycles. The van der Waals surface area contributed by atoms with Gasteiger partial charge >= 0.3 is 17.6 Å². The number of urea groups is 2. The first kappa shape index (κ1) is 24.1. The van der Waals surface area contributed by atoms with E-state index in [1.54, 1.807) is 36.4 Å². The molecule has 5 amide bonds. The van der Waals surface area contributed by atoms with E-state index >= 15 is 0 Å². The average molecular weight is 501 g/mol. The number of amides is 5. The summed E-state index contributed by atoms with van der Waals surface area (Å²) >= 11 is -0.277. The highest BCUT2D eigenvalue weighted by atomic mass is 32.2. The van der Waals surface area contributed by atoms with Gasteiger partial charge in [-0.05, 0) is 65.9 Å². The number of benzene rings is 2. The summed E-state index contributed by atoms with van der Waals surface area (Å²) in [5, 5.41) is 5.27. The van der Waals surface area contributed by atoms with Gasteiger partial charge in [0.2, 0.25) is 0 Å². The Kier molecular flexibility index (Phi) is 6.92. The van der Waals surface area contributed by atoms with Crippen LogP contribution in [0.25, 0.3) is 0 Å². The van der Waals surface area contributed by atoms with E-state index in [4.69, 9.17) is 0 Å². The van der Waals surface area contributed by atoms with Gasteiger partial charge in [-0.3, -0.25) is 10.1 Å². The van der Waals surface area contributed by atoms with Crippen molar-refractivity contribution in [1.82, 2.24) is 9.88 Å². The normalized spacial score (nSPS) is 13.8. The van der Waals surface area contributed by atoms with E-state index in [0.29, 0.717) is 11.3 Å². The average Bonchev–Trinajstić information content (AvgIpc) is 3.07. The molecule has 0 saturated carbocycles. The largest absolute Gasteiger partial charge is 0.446 e. The Morgan fingerprint density at radius 1 is 1.00 bits per heavy atom. The highest BCUT2D eigenvalue weighted by Gasteiger charge is 2.37. The third-order valence-electron chi connectivity index (χ3n) is 4.84. The zero-order chi connectivity index (χ0) is 25.0. The molecule has 8 nitrogen and oxygen atoms in total. The fourth-order valence-electron chi connectivity index (χ4n) is 3.39. The van der Waals surface area contributed by atoms with Gasteiger partial charge in [0.25, 0.3) is 5.91 Å². The Hall–Kier alpha value is -4.06. The minimum atomic E-state index is -4.43. The SMILES string of the molecule is O=C(Nc1ccccc1)Nc1cc(CN2CC(=O)N(c3ccc(SC(F)(F)F)cc3)C2=O)ccn1. The van der Waals surface area contributed by atoms with E-state index in [9.17, 15) is 27.6 Å². The summed E-state index contributed by atoms with van der Waals surface area (Å²) in [7, 11) is 0. The van der Waals surface area contributed by atoms with Crippen LogP contribution in [0, 0.1) is 0 Å². The maximum atomic E-state index is 12.9. The van der Waals surface area contributed by atoms with E-state index in [2.05, 4.69) is 15.6 Å². The second kappa shape index (κ2) is 10.1. The molecule has 0 aliphatic carbocycles. The summed E-state index contributed by atoms with van der Waals surface area (Å²) in [4.78, 5) is 43.8. The zero-order valence-electron chi connectivity index (χ0n) is 18.0. The monoisotopic (exact) mass is 501 g/mol. The highest BCUT2D eigenvalue weighted by molar-refractivity contribution is 8.00. The van der Waals surface area contributed by atoms with E-state index in [1.807, 2.05) is 6.07 Å². The maximum Gasteiger partial charge on any atom is 0.446 e. The number of hydrogen-bond acceptors (Lipinski definition) is 5. The molecule has 4 rings (SSSR count). The first-order chi connectivity index (χ1) is 16.7. The van der Waals surface area contributed by atoms with Gasteiger partial charge in [0, 0.05) is 23.3 Å². The number of para-hydroxylation sites is 1. The third kappa shape index (κ3) is 6.29. The van der Waals surface area contributed by atoms with E-state index in [-0.39, 0.29) is 41.3 Å². The van der Waals surface area contributed by atoms with Crippen LogP contribution in [0.1, 0.15) is 5.56 Å². The first-order valence-corrected chi connectivity index (χ1v) is 11.1. The van der Waals surface area contributed by atoms with Crippen LogP contribution < -0.4 is 15.5 Å². The molecular formula is C23H18F3N5O3S. The predicted molar refractivity (Wildman–Crippen MR) is 125 cm³/mol. The lowest BCUT2D eigenvalue weighted by atomic mass is 10.2. The van der Waals surface area contributed by atoms with Crippen LogP contribution in [0.15, 0.2) is 77.8 Å². The molecule has 1 aromatic heterocycles. The number of rotatable bonds is 6. The fourth-order valence-corrected chi connectivity index (χ4v) is 3.93. The molecule has 2 N–H and O–H groups in total. The summed E-state index contributed by atoms with van der Waals surface area (Å²) < 4.78 is 37.6. The van der Waals surface area contributed by atoms with Gasteiger partial charge in [0.05, 0.1) is 5.69 Å². The molecule has 0 bridgehead atoms. The summed E-state index contributed by atoms with van der Waals surface area (Å²) in [6.45, 7) is -0.127. The lowest BCUT2D eigenvalue weighted by Gasteiger charge is -2.18. The Balaban J connectivity index is 1.39. The van der Waals surface area contributed by atoms with Gasteiger partial charge in [-0.1, -0.05) is 18.2 Å². The molecule has 0 atom stereocenters. The van der Waals surface area contributed by atoms with Crippen molar-refractivity contribution >= 4 is 46.9 Å². The van der Waals surface area contributed by atoms with Crippen LogP contribution in [0.4, 0.5) is 40.0 Å². The minimum absolute atomic E-state index is 0.0506. The number of carbonyl (C=O) groups excluding carboxylic acids is 3. The van der Waals surface area contributed by atoms with Gasteiger partial charge in [0.15, 0.2) is 0 Å². The molecule has 1 aliphatic rings. The molecule has 0 unspecified atom stereocenters. The molecule has 0 spiro atoms. The van der Waals surface area contributed by atoms with E-state index in [1.165, 1.54) is 35.4 Å². The van der Waals surface area contributed by atoms with Crippen LogP contribution in [-0.2, 0) is 11.3 Å². The Bertz CT molecular complexity index is 1240. The number of alkyl halides is 3. The van der Waals surface area contributed by atoms with Crippen molar-refractivity contribution < 1.29 is 27.6 Å². The van der Waals surface area contributed by atoms with Crippen LogP contribution in [0.5, 0.6) is 0 Å². The molecule has 1 aliphatic heterocycles. The van der Waals surface area contributed by atoms with Gasteiger partial charge in [-0.25, -0.2) is 19.5 Å². The second-order valence-electron chi connectivity index (χ2n) is 7.40. The molecule has 180 valence electrons. The highest BCUT2D eigenvalue weighted by Crippen LogP contribution is 2.37. The molecule has 0 radical (unpaired) electrons. The number of carbonyl (C=O) groups is 3. The number of anilines is 3. The number of nitrogens with one attached hydrogen (secondary N) is 2. The van der Waals surface area contributed by atoms with Crippen molar-refractivity contribution in [3.63, 3.8) is 0 Å². The molecule has 1 fully saturated rings. The quantitative estimate of drug-likeness (QED) is 0.353. The lowest BCUT2D eigenvalue weighted by Crippen LogP contribution is -2.32. The van der Waals surface area contributed by atoms with Crippen LogP contribution in [0.2, 0.25) is 0 Å². The second-order valence-corrected chi connectivity index (χ2v) is 8.54. The topological polar surface area (TPSA) is 94.6 Å². The van der Waals surface area contributed by atoms with Gasteiger partial charge in [-0.2, -0.15) is 13.2 Å². The van der Waals surface area contributed by atoms with Gasteiger partial charge in [0.1, 0.15) is 12.4 Å². The van der Waals surface area contributed by atoms with Crippen molar-refractivity contribution in [1.29, 1.82) is 0 Å². The number of pyridine rings is 1. The van der Waals surface area contributed by atoms with E-state index < -0.39 is 23.5 Å². The van der Waals surface area contributed by atoms with E-state index in [0.717, 1.165) is 4.90 Å². The lowest BCUT2D eigenvalue weighted by molar-refractivity contribution is -0.116. The Labute approximate surface area is 202 Å². The maximum absolute atomic E-state index is 12.9. The summed E-state index contributed by atoms with van der Waals surface area (Å²) in [6, 6.07) is 16.0. The standard InChI is InChI=1S/C23H18F3N5O3S/c24-23(25,26)35-18-8-6-17(7-9-18)31-20(32)14-30(22(31)34)13-15-10-11-27-19(12-15)29-21(33)28-16-4-2-1-3-5-16/h1-12H,13-14H2,(H2,27,28,29,33). The molecule has 2 heterocycles. The number of aromatic nitrogens is 1. The molecule has 35 heavy (non-hydrogen) atoms.